The molecule has 0 saturated heterocycles. The van der Waals surface area contributed by atoms with Gasteiger partial charge in [-0.3, -0.25) is 14.9 Å². The molecule has 8 nitrogen and oxygen atoms in total. The Morgan fingerprint density at radius 2 is 1.92 bits per heavy atom. The van der Waals surface area contributed by atoms with Crippen molar-refractivity contribution in [1.82, 2.24) is 10.2 Å². The fourth-order valence-corrected chi connectivity index (χ4v) is 2.56. The number of hydrogen-bond donors (Lipinski definition) is 2. The lowest BCUT2D eigenvalue weighted by atomic mass is 10.1. The predicted octanol–water partition coefficient (Wildman–Crippen LogP) is 2.22. The van der Waals surface area contributed by atoms with Crippen LogP contribution >= 0.6 is 0 Å². The number of methoxy groups -OCH3 is 1. The van der Waals surface area contributed by atoms with E-state index in [0.29, 0.717) is 6.54 Å². The number of nitrogens with one attached hydrogen (secondary N) is 1. The van der Waals surface area contributed by atoms with Gasteiger partial charge in [0.15, 0.2) is 0 Å². The van der Waals surface area contributed by atoms with Crippen LogP contribution in [-0.2, 0) is 0 Å². The Bertz CT molecular complexity index is 790. The molecule has 0 spiro atoms. The van der Waals surface area contributed by atoms with Crippen LogP contribution in [0.2, 0.25) is 0 Å². The normalized spacial score (nSPS) is 11.8. The Balaban J connectivity index is 2.12. The molecule has 1 atom stereocenters. The molecule has 0 bridgehead atoms. The third-order valence-electron chi connectivity index (χ3n) is 4.07. The number of nitro benzene ring substituents is 1. The molecule has 0 aliphatic rings. The SMILES string of the molecule is COc1ccc(C(CNC(=O)c2ccc(N)c([N+](=O)[O-])c2)N(C)C)cc1. The van der Waals surface area contributed by atoms with E-state index < -0.39 is 10.8 Å². The van der Waals surface area contributed by atoms with Gasteiger partial charge < -0.3 is 20.7 Å². The van der Waals surface area contributed by atoms with Crippen molar-refractivity contribution >= 4 is 17.3 Å². The van der Waals surface area contributed by atoms with Crippen LogP contribution in [0.15, 0.2) is 42.5 Å². The number of carbonyl (C=O) groups excluding carboxylic acids is 1. The second kappa shape index (κ2) is 8.30. The number of nitrogens with zero attached hydrogens (tertiary/aromatic N) is 2. The van der Waals surface area contributed by atoms with Crippen molar-refractivity contribution in [1.29, 1.82) is 0 Å². The van der Waals surface area contributed by atoms with Gasteiger partial charge in [-0.25, -0.2) is 0 Å². The van der Waals surface area contributed by atoms with E-state index in [1.807, 2.05) is 43.3 Å². The second-order valence-corrected chi connectivity index (χ2v) is 5.99. The molecule has 0 fully saturated rings. The van der Waals surface area contributed by atoms with E-state index in [1.54, 1.807) is 7.11 Å². The van der Waals surface area contributed by atoms with E-state index in [2.05, 4.69) is 5.32 Å². The topological polar surface area (TPSA) is 111 Å². The minimum atomic E-state index is -0.605. The van der Waals surface area contributed by atoms with Crippen molar-refractivity contribution in [3.8, 4) is 5.75 Å². The molecular weight excluding hydrogens is 336 g/mol. The number of nitrogen functional groups attached to an aromatic ring is 1. The van der Waals surface area contributed by atoms with Crippen molar-refractivity contribution in [3.05, 3.63) is 63.7 Å². The number of carbonyl (C=O) groups is 1. The molecule has 0 heterocycles. The van der Waals surface area contributed by atoms with Gasteiger partial charge in [-0.2, -0.15) is 0 Å². The first-order valence-corrected chi connectivity index (χ1v) is 7.96. The maximum absolute atomic E-state index is 12.4. The van der Waals surface area contributed by atoms with Gasteiger partial charge in [0.05, 0.1) is 18.1 Å². The zero-order chi connectivity index (χ0) is 19.3. The summed E-state index contributed by atoms with van der Waals surface area (Å²) in [7, 11) is 5.43. The molecule has 8 heteroatoms. The van der Waals surface area contributed by atoms with E-state index in [0.717, 1.165) is 11.3 Å². The molecule has 0 aliphatic carbocycles. The Kier molecular flexibility index (Phi) is 6.13. The van der Waals surface area contributed by atoms with Crippen LogP contribution in [0.1, 0.15) is 22.0 Å². The molecule has 138 valence electrons. The number of rotatable bonds is 7. The second-order valence-electron chi connectivity index (χ2n) is 5.99. The average Bonchev–Trinajstić information content (AvgIpc) is 2.62. The summed E-state index contributed by atoms with van der Waals surface area (Å²) in [5, 5.41) is 13.8. The maximum Gasteiger partial charge on any atom is 0.292 e. The van der Waals surface area contributed by atoms with Gasteiger partial charge in [0.25, 0.3) is 11.6 Å². The fraction of sp³-hybridized carbons (Fsp3) is 0.278. The summed E-state index contributed by atoms with van der Waals surface area (Å²) in [5.41, 5.74) is 6.51. The Hall–Kier alpha value is -3.13. The third kappa shape index (κ3) is 4.48. The van der Waals surface area contributed by atoms with E-state index in [4.69, 9.17) is 10.5 Å². The Labute approximate surface area is 151 Å². The summed E-state index contributed by atoms with van der Waals surface area (Å²) in [6.45, 7) is 0.344. The lowest BCUT2D eigenvalue weighted by Crippen LogP contribution is -2.34. The molecule has 0 aromatic heterocycles. The number of ether oxygens (including phenoxy) is 1. The molecule has 2 rings (SSSR count). The van der Waals surface area contributed by atoms with Gasteiger partial charge >= 0.3 is 0 Å². The summed E-state index contributed by atoms with van der Waals surface area (Å²) in [5.74, 6) is 0.359. The van der Waals surface area contributed by atoms with E-state index >= 15 is 0 Å². The van der Waals surface area contributed by atoms with Crippen molar-refractivity contribution in [2.24, 2.45) is 0 Å². The monoisotopic (exact) mass is 358 g/mol. The first-order chi connectivity index (χ1) is 12.3. The minimum Gasteiger partial charge on any atom is -0.497 e. The zero-order valence-electron chi connectivity index (χ0n) is 14.9. The highest BCUT2D eigenvalue weighted by Crippen LogP contribution is 2.23. The molecule has 3 N–H and O–H groups in total. The van der Waals surface area contributed by atoms with Crippen molar-refractivity contribution in [2.75, 3.05) is 33.5 Å². The first kappa shape index (κ1) is 19.2. The average molecular weight is 358 g/mol. The van der Waals surface area contributed by atoms with Gasteiger partial charge in [0.2, 0.25) is 0 Å². The minimum absolute atomic E-state index is 0.0240. The number of nitrogens with two attached hydrogens (primary N) is 1. The first-order valence-electron chi connectivity index (χ1n) is 7.96. The molecule has 2 aromatic carbocycles. The largest absolute Gasteiger partial charge is 0.497 e. The van der Waals surface area contributed by atoms with Crippen molar-refractivity contribution in [2.45, 2.75) is 6.04 Å². The lowest BCUT2D eigenvalue weighted by molar-refractivity contribution is -0.383. The number of anilines is 1. The smallest absolute Gasteiger partial charge is 0.292 e. The standard InChI is InChI=1S/C18H22N4O4/c1-21(2)17(12-4-7-14(26-3)8-5-12)11-20-18(23)13-6-9-15(19)16(10-13)22(24)25/h4-10,17H,11,19H2,1-3H3,(H,20,23). The van der Waals surface area contributed by atoms with Crippen LogP contribution in [0.25, 0.3) is 0 Å². The summed E-state index contributed by atoms with van der Waals surface area (Å²) < 4.78 is 5.16. The molecule has 1 unspecified atom stereocenters. The summed E-state index contributed by atoms with van der Waals surface area (Å²) in [6, 6.07) is 11.5. The highest BCUT2D eigenvalue weighted by molar-refractivity contribution is 5.95. The van der Waals surface area contributed by atoms with Gasteiger partial charge in [0.1, 0.15) is 11.4 Å². The van der Waals surface area contributed by atoms with Crippen LogP contribution in [0.3, 0.4) is 0 Å². The molecule has 0 radical (unpaired) electrons. The summed E-state index contributed by atoms with van der Waals surface area (Å²) in [4.78, 5) is 24.7. The number of likely N-dealkylation sites (N-methyl/N-ethyl adjacent to an activating group) is 1. The number of nitro groups is 1. The molecule has 1 amide bonds. The van der Waals surface area contributed by atoms with Crippen molar-refractivity contribution < 1.29 is 14.5 Å². The van der Waals surface area contributed by atoms with E-state index in [1.165, 1.54) is 18.2 Å². The fourth-order valence-electron chi connectivity index (χ4n) is 2.56. The molecular formula is C18H22N4O4. The Morgan fingerprint density at radius 3 is 2.46 bits per heavy atom. The third-order valence-corrected chi connectivity index (χ3v) is 4.07. The number of benzene rings is 2. The van der Waals surface area contributed by atoms with Gasteiger partial charge in [0, 0.05) is 18.2 Å². The van der Waals surface area contributed by atoms with Crippen molar-refractivity contribution in [3.63, 3.8) is 0 Å². The molecule has 2 aromatic rings. The zero-order valence-corrected chi connectivity index (χ0v) is 14.9. The summed E-state index contributed by atoms with van der Waals surface area (Å²) in [6.07, 6.45) is 0. The van der Waals surface area contributed by atoms with Crippen LogP contribution in [0, 0.1) is 10.1 Å². The summed E-state index contributed by atoms with van der Waals surface area (Å²) >= 11 is 0. The highest BCUT2D eigenvalue weighted by Gasteiger charge is 2.18. The van der Waals surface area contributed by atoms with Gasteiger partial charge in [-0.1, -0.05) is 12.1 Å². The quantitative estimate of drug-likeness (QED) is 0.446. The van der Waals surface area contributed by atoms with Gasteiger partial charge in [-0.15, -0.1) is 0 Å². The Morgan fingerprint density at radius 1 is 1.27 bits per heavy atom. The molecule has 26 heavy (non-hydrogen) atoms. The van der Waals surface area contributed by atoms with Crippen LogP contribution in [0.4, 0.5) is 11.4 Å². The number of hydrogen-bond acceptors (Lipinski definition) is 6. The predicted molar refractivity (Wildman–Crippen MR) is 99.3 cm³/mol. The maximum atomic E-state index is 12.4. The molecule has 0 saturated carbocycles. The van der Waals surface area contributed by atoms with Gasteiger partial charge in [-0.05, 0) is 43.9 Å². The number of amides is 1. The van der Waals surface area contributed by atoms with E-state index in [-0.39, 0.29) is 23.0 Å². The molecule has 0 aliphatic heterocycles. The lowest BCUT2D eigenvalue weighted by Gasteiger charge is -2.25. The highest BCUT2D eigenvalue weighted by atomic mass is 16.6. The van der Waals surface area contributed by atoms with Crippen LogP contribution in [0.5, 0.6) is 5.75 Å². The van der Waals surface area contributed by atoms with Crippen LogP contribution < -0.4 is 15.8 Å². The van der Waals surface area contributed by atoms with Crippen LogP contribution in [-0.4, -0.2) is 43.5 Å². The van der Waals surface area contributed by atoms with E-state index in [9.17, 15) is 14.9 Å².